The summed E-state index contributed by atoms with van der Waals surface area (Å²) in [7, 11) is 5.21. The van der Waals surface area contributed by atoms with Crippen molar-refractivity contribution in [3.05, 3.63) is 12.1 Å². The van der Waals surface area contributed by atoms with Crippen molar-refractivity contribution in [2.75, 3.05) is 38.4 Å². The first-order chi connectivity index (χ1) is 10.6. The van der Waals surface area contributed by atoms with E-state index >= 15 is 0 Å². The van der Waals surface area contributed by atoms with Crippen molar-refractivity contribution in [1.29, 1.82) is 0 Å². The van der Waals surface area contributed by atoms with Gasteiger partial charge in [0.1, 0.15) is 5.82 Å². The van der Waals surface area contributed by atoms with E-state index in [1.165, 1.54) is 19.3 Å². The number of hydrogen-bond acceptors (Lipinski definition) is 6. The van der Waals surface area contributed by atoms with Gasteiger partial charge in [0.25, 0.3) is 0 Å². The number of nitrogens with two attached hydrogens (primary N) is 1. The molecule has 2 aromatic rings. The van der Waals surface area contributed by atoms with Crippen molar-refractivity contribution in [2.24, 2.45) is 5.92 Å². The molecule has 6 nitrogen and oxygen atoms in total. The lowest BCUT2D eigenvalue weighted by molar-refractivity contribution is 0.356. The third-order valence-electron chi connectivity index (χ3n) is 4.13. The second kappa shape index (κ2) is 5.87. The summed E-state index contributed by atoms with van der Waals surface area (Å²) in [5, 5.41) is 0.775. The molecule has 0 radical (unpaired) electrons. The van der Waals surface area contributed by atoms with E-state index in [2.05, 4.69) is 14.9 Å². The molecule has 1 saturated carbocycles. The predicted molar refractivity (Wildman–Crippen MR) is 87.7 cm³/mol. The van der Waals surface area contributed by atoms with Crippen LogP contribution in [0.5, 0.6) is 11.5 Å². The molecule has 1 heterocycles. The Labute approximate surface area is 130 Å². The highest BCUT2D eigenvalue weighted by atomic mass is 16.5. The van der Waals surface area contributed by atoms with Crippen LogP contribution in [0.3, 0.4) is 0 Å². The molecule has 6 heteroatoms. The maximum absolute atomic E-state index is 6.10. The first-order valence-electron chi connectivity index (χ1n) is 7.52. The molecule has 0 saturated heterocycles. The van der Waals surface area contributed by atoms with Crippen LogP contribution in [-0.2, 0) is 0 Å². The van der Waals surface area contributed by atoms with Gasteiger partial charge in [-0.05, 0) is 18.4 Å². The molecule has 22 heavy (non-hydrogen) atoms. The molecule has 0 spiro atoms. The van der Waals surface area contributed by atoms with Gasteiger partial charge in [-0.2, -0.15) is 4.98 Å². The number of hydrogen-bond donors (Lipinski definition) is 1. The molecule has 1 aliphatic carbocycles. The van der Waals surface area contributed by atoms with Crippen LogP contribution in [0.25, 0.3) is 10.9 Å². The monoisotopic (exact) mass is 302 g/mol. The molecule has 1 aromatic heterocycles. The van der Waals surface area contributed by atoms with E-state index in [0.29, 0.717) is 23.3 Å². The van der Waals surface area contributed by atoms with Gasteiger partial charge in [-0.1, -0.05) is 12.8 Å². The highest BCUT2D eigenvalue weighted by Gasteiger charge is 2.22. The van der Waals surface area contributed by atoms with Crippen molar-refractivity contribution in [1.82, 2.24) is 9.97 Å². The van der Waals surface area contributed by atoms with Gasteiger partial charge in [0.15, 0.2) is 11.5 Å². The smallest absolute Gasteiger partial charge is 0.227 e. The number of ether oxygens (including phenoxy) is 2. The van der Waals surface area contributed by atoms with E-state index < -0.39 is 0 Å². The topological polar surface area (TPSA) is 73.5 Å². The lowest BCUT2D eigenvalue weighted by atomic mass is 10.2. The zero-order valence-electron chi connectivity index (χ0n) is 13.3. The minimum absolute atomic E-state index is 0.458. The zero-order valence-corrected chi connectivity index (χ0v) is 13.3. The quantitative estimate of drug-likeness (QED) is 0.883. The Morgan fingerprint density at radius 1 is 1.18 bits per heavy atom. The number of rotatable bonds is 6. The maximum Gasteiger partial charge on any atom is 0.227 e. The second-order valence-electron chi connectivity index (χ2n) is 5.79. The molecule has 3 rings (SSSR count). The van der Waals surface area contributed by atoms with Crippen LogP contribution in [0.4, 0.5) is 11.8 Å². The molecule has 0 amide bonds. The molecule has 2 N–H and O–H groups in total. The van der Waals surface area contributed by atoms with Crippen LogP contribution >= 0.6 is 0 Å². The Balaban J connectivity index is 1.95. The fourth-order valence-electron chi connectivity index (χ4n) is 2.52. The average molecular weight is 302 g/mol. The maximum atomic E-state index is 6.10. The molecule has 1 fully saturated rings. The lowest BCUT2D eigenvalue weighted by Crippen LogP contribution is -2.22. The highest BCUT2D eigenvalue weighted by molar-refractivity contribution is 5.91. The summed E-state index contributed by atoms with van der Waals surface area (Å²) in [6.45, 7) is 0.947. The Morgan fingerprint density at radius 3 is 2.50 bits per heavy atom. The summed E-state index contributed by atoms with van der Waals surface area (Å²) in [4.78, 5) is 11.1. The van der Waals surface area contributed by atoms with Gasteiger partial charge in [0.05, 0.1) is 19.7 Å². The van der Waals surface area contributed by atoms with Crippen LogP contribution < -0.4 is 20.1 Å². The first kappa shape index (κ1) is 14.7. The Morgan fingerprint density at radius 2 is 1.86 bits per heavy atom. The lowest BCUT2D eigenvalue weighted by Gasteiger charge is -2.18. The minimum Gasteiger partial charge on any atom is -0.493 e. The summed E-state index contributed by atoms with van der Waals surface area (Å²) < 4.78 is 10.6. The fourth-order valence-corrected chi connectivity index (χ4v) is 2.52. The summed E-state index contributed by atoms with van der Waals surface area (Å²) >= 11 is 0. The number of nitrogen functional groups attached to an aromatic ring is 1. The van der Waals surface area contributed by atoms with E-state index in [4.69, 9.17) is 15.2 Å². The normalized spacial score (nSPS) is 14.1. The highest BCUT2D eigenvalue weighted by Crippen LogP contribution is 2.35. The predicted octanol–water partition coefficient (Wildman–Crippen LogP) is 2.47. The standard InChI is InChI=1S/C16H22N4O2/c1-20(7-6-10-4-5-10)16-18-12-9-14(22-3)13(21-2)8-11(12)15(17)19-16/h8-10H,4-7H2,1-3H3,(H2,17,18,19). The SMILES string of the molecule is COc1cc2nc(N(C)CCC3CC3)nc(N)c2cc1OC. The third kappa shape index (κ3) is 2.86. The van der Waals surface area contributed by atoms with Gasteiger partial charge in [0.2, 0.25) is 5.95 Å². The number of aromatic nitrogens is 2. The average Bonchev–Trinajstić information content (AvgIpc) is 3.35. The van der Waals surface area contributed by atoms with Gasteiger partial charge < -0.3 is 20.1 Å². The number of methoxy groups -OCH3 is 2. The zero-order chi connectivity index (χ0) is 15.7. The summed E-state index contributed by atoms with van der Waals surface area (Å²) in [6, 6.07) is 3.65. The van der Waals surface area contributed by atoms with E-state index in [0.717, 1.165) is 23.4 Å². The van der Waals surface area contributed by atoms with Gasteiger partial charge in [0, 0.05) is 25.0 Å². The third-order valence-corrected chi connectivity index (χ3v) is 4.13. The van der Waals surface area contributed by atoms with E-state index in [-0.39, 0.29) is 0 Å². The summed E-state index contributed by atoms with van der Waals surface area (Å²) in [6.07, 6.45) is 3.89. The van der Waals surface area contributed by atoms with E-state index in [1.807, 2.05) is 19.2 Å². The van der Waals surface area contributed by atoms with E-state index in [1.54, 1.807) is 14.2 Å². The molecule has 1 aliphatic rings. The molecule has 0 aliphatic heterocycles. The van der Waals surface area contributed by atoms with Crippen molar-refractivity contribution < 1.29 is 9.47 Å². The van der Waals surface area contributed by atoms with Gasteiger partial charge in [-0.3, -0.25) is 0 Å². The van der Waals surface area contributed by atoms with Gasteiger partial charge >= 0.3 is 0 Å². The van der Waals surface area contributed by atoms with Crippen LogP contribution in [0.1, 0.15) is 19.3 Å². The van der Waals surface area contributed by atoms with Crippen molar-refractivity contribution in [3.8, 4) is 11.5 Å². The van der Waals surface area contributed by atoms with Crippen LogP contribution in [-0.4, -0.2) is 37.8 Å². The molecule has 0 bridgehead atoms. The Bertz CT molecular complexity index is 685. The summed E-state index contributed by atoms with van der Waals surface area (Å²) in [5.41, 5.74) is 6.87. The number of fused-ring (bicyclic) bond motifs is 1. The number of benzene rings is 1. The Hall–Kier alpha value is -2.24. The number of nitrogens with zero attached hydrogens (tertiary/aromatic N) is 3. The Kier molecular flexibility index (Phi) is 3.92. The van der Waals surface area contributed by atoms with Gasteiger partial charge in [-0.15, -0.1) is 0 Å². The molecular weight excluding hydrogens is 280 g/mol. The first-order valence-corrected chi connectivity index (χ1v) is 7.52. The molecule has 1 aromatic carbocycles. The summed E-state index contributed by atoms with van der Waals surface area (Å²) in [5.74, 6) is 3.25. The fraction of sp³-hybridized carbons (Fsp3) is 0.500. The molecule has 118 valence electrons. The van der Waals surface area contributed by atoms with Crippen molar-refractivity contribution in [3.63, 3.8) is 0 Å². The number of anilines is 2. The van der Waals surface area contributed by atoms with E-state index in [9.17, 15) is 0 Å². The van der Waals surface area contributed by atoms with Crippen LogP contribution in [0, 0.1) is 5.92 Å². The second-order valence-corrected chi connectivity index (χ2v) is 5.79. The van der Waals surface area contributed by atoms with Crippen LogP contribution in [0.15, 0.2) is 12.1 Å². The van der Waals surface area contributed by atoms with Crippen LogP contribution in [0.2, 0.25) is 0 Å². The largest absolute Gasteiger partial charge is 0.493 e. The molecular formula is C16H22N4O2. The van der Waals surface area contributed by atoms with Crippen molar-refractivity contribution >= 4 is 22.7 Å². The van der Waals surface area contributed by atoms with Gasteiger partial charge in [-0.25, -0.2) is 4.98 Å². The minimum atomic E-state index is 0.458. The molecule has 0 atom stereocenters. The van der Waals surface area contributed by atoms with Crippen molar-refractivity contribution in [2.45, 2.75) is 19.3 Å². The molecule has 0 unspecified atom stereocenters.